The molecule has 0 unspecified atom stereocenters. The highest BCUT2D eigenvalue weighted by atomic mass is 35.5. The van der Waals surface area contributed by atoms with Crippen LogP contribution >= 0.6 is 11.6 Å². The van der Waals surface area contributed by atoms with E-state index in [-0.39, 0.29) is 5.02 Å². The van der Waals surface area contributed by atoms with Gasteiger partial charge in [-0.15, -0.1) is 0 Å². The second-order valence-electron chi connectivity index (χ2n) is 2.91. The molecule has 0 heterocycles. The summed E-state index contributed by atoms with van der Waals surface area (Å²) in [4.78, 5) is 10.9. The zero-order valence-electron chi connectivity index (χ0n) is 7.49. The topological polar surface area (TPSA) is 17.1 Å². The average Bonchev–Trinajstić information content (AvgIpc) is 2.16. The van der Waals surface area contributed by atoms with E-state index >= 15 is 0 Å². The van der Waals surface area contributed by atoms with E-state index in [9.17, 15) is 26.7 Å². The minimum atomic E-state index is -5.90. The molecule has 0 bridgehead atoms. The van der Waals surface area contributed by atoms with E-state index in [1.165, 1.54) is 0 Å². The predicted octanol–water partition coefficient (Wildman–Crippen LogP) is 3.72. The number of alkyl halides is 5. The molecular weight excluding hydrogens is 255 g/mol. The highest BCUT2D eigenvalue weighted by Gasteiger charge is 2.63. The van der Waals surface area contributed by atoms with Gasteiger partial charge in [0.15, 0.2) is 0 Å². The van der Waals surface area contributed by atoms with Crippen molar-refractivity contribution in [3.8, 4) is 0 Å². The summed E-state index contributed by atoms with van der Waals surface area (Å²) in [6, 6.07) is 3.73. The Morgan fingerprint density at radius 2 is 1.44 bits per heavy atom. The molecular formula is C9H4ClF5O. The molecule has 0 saturated heterocycles. The van der Waals surface area contributed by atoms with Crippen molar-refractivity contribution in [1.82, 2.24) is 0 Å². The lowest BCUT2D eigenvalue weighted by atomic mass is 10.1. The van der Waals surface area contributed by atoms with Crippen LogP contribution in [0.3, 0.4) is 0 Å². The molecule has 1 aromatic rings. The van der Waals surface area contributed by atoms with Crippen LogP contribution in [0.25, 0.3) is 0 Å². The Morgan fingerprint density at radius 1 is 1.00 bits per heavy atom. The predicted molar refractivity (Wildman–Crippen MR) is 46.8 cm³/mol. The summed E-state index contributed by atoms with van der Waals surface area (Å²) in [5.41, 5.74) is -0.744. The van der Waals surface area contributed by atoms with Crippen molar-refractivity contribution < 1.29 is 26.7 Å². The van der Waals surface area contributed by atoms with Gasteiger partial charge < -0.3 is 0 Å². The summed E-state index contributed by atoms with van der Waals surface area (Å²) < 4.78 is 60.8. The fraction of sp³-hybridized carbons (Fsp3) is 0.222. The van der Waals surface area contributed by atoms with E-state index in [1.807, 2.05) is 0 Å². The Kier molecular flexibility index (Phi) is 3.23. The molecule has 0 atom stereocenters. The summed E-state index contributed by atoms with van der Waals surface area (Å²) in [6.07, 6.45) is -5.90. The van der Waals surface area contributed by atoms with Crippen LogP contribution in [0.1, 0.15) is 10.4 Å². The van der Waals surface area contributed by atoms with Gasteiger partial charge in [0.05, 0.1) is 0 Å². The summed E-state index contributed by atoms with van der Waals surface area (Å²) in [5, 5.41) is 0.131. The van der Waals surface area contributed by atoms with E-state index in [0.29, 0.717) is 0 Å². The van der Waals surface area contributed by atoms with Crippen molar-refractivity contribution in [2.45, 2.75) is 12.1 Å². The van der Waals surface area contributed by atoms with Gasteiger partial charge in [0.25, 0.3) is 0 Å². The van der Waals surface area contributed by atoms with Crippen LogP contribution in [0.2, 0.25) is 5.02 Å². The van der Waals surface area contributed by atoms with Crippen molar-refractivity contribution in [2.75, 3.05) is 0 Å². The maximum absolute atomic E-state index is 12.6. The fourth-order valence-electron chi connectivity index (χ4n) is 0.911. The number of ketones is 1. The molecule has 1 rings (SSSR count). The Bertz CT molecular complexity index is 395. The molecule has 0 aliphatic carbocycles. The van der Waals surface area contributed by atoms with Gasteiger partial charge in [-0.1, -0.05) is 11.6 Å². The van der Waals surface area contributed by atoms with Gasteiger partial charge in [-0.05, 0) is 24.3 Å². The molecule has 0 radical (unpaired) electrons. The normalized spacial score (nSPS) is 12.6. The van der Waals surface area contributed by atoms with Gasteiger partial charge in [-0.25, -0.2) is 0 Å². The number of halogens is 6. The Labute approximate surface area is 91.8 Å². The maximum Gasteiger partial charge on any atom is 0.461 e. The molecule has 0 N–H and O–H groups in total. The number of carbonyl (C=O) groups is 1. The van der Waals surface area contributed by atoms with Crippen LogP contribution in [-0.4, -0.2) is 17.9 Å². The molecule has 0 aliphatic rings. The second kappa shape index (κ2) is 4.01. The first-order chi connectivity index (χ1) is 7.16. The standard InChI is InChI=1S/C9H4ClF5O/c10-6-3-1-5(2-4-6)7(16)8(11,12)9(13,14)15/h1-4H. The van der Waals surface area contributed by atoms with Gasteiger partial charge in [0, 0.05) is 10.6 Å². The molecule has 0 saturated carbocycles. The highest BCUT2D eigenvalue weighted by Crippen LogP contribution is 2.37. The largest absolute Gasteiger partial charge is 0.461 e. The summed E-state index contributed by atoms with van der Waals surface area (Å²) in [6.45, 7) is 0. The molecule has 0 aromatic heterocycles. The lowest BCUT2D eigenvalue weighted by molar-refractivity contribution is -0.255. The SMILES string of the molecule is O=C(c1ccc(Cl)cc1)C(F)(F)C(F)(F)F. The molecule has 7 heteroatoms. The molecule has 0 spiro atoms. The third-order valence-corrected chi connectivity index (χ3v) is 2.00. The van der Waals surface area contributed by atoms with E-state index in [2.05, 4.69) is 0 Å². The van der Waals surface area contributed by atoms with Crippen molar-refractivity contribution in [3.05, 3.63) is 34.9 Å². The number of rotatable bonds is 2. The van der Waals surface area contributed by atoms with Gasteiger partial charge in [-0.2, -0.15) is 22.0 Å². The maximum atomic E-state index is 12.6. The molecule has 16 heavy (non-hydrogen) atoms. The molecule has 1 nitrogen and oxygen atoms in total. The van der Waals surface area contributed by atoms with Crippen molar-refractivity contribution in [3.63, 3.8) is 0 Å². The van der Waals surface area contributed by atoms with E-state index in [1.54, 1.807) is 0 Å². The van der Waals surface area contributed by atoms with Gasteiger partial charge in [-0.3, -0.25) is 4.79 Å². The number of benzene rings is 1. The Balaban J connectivity index is 3.07. The second-order valence-corrected chi connectivity index (χ2v) is 3.34. The van der Waals surface area contributed by atoms with Crippen LogP contribution in [0.15, 0.2) is 24.3 Å². The van der Waals surface area contributed by atoms with Gasteiger partial charge in [0.1, 0.15) is 0 Å². The van der Waals surface area contributed by atoms with Gasteiger partial charge in [0.2, 0.25) is 5.78 Å². The third-order valence-electron chi connectivity index (χ3n) is 1.75. The van der Waals surface area contributed by atoms with Crippen LogP contribution < -0.4 is 0 Å². The first kappa shape index (κ1) is 12.9. The van der Waals surface area contributed by atoms with Gasteiger partial charge >= 0.3 is 12.1 Å². The van der Waals surface area contributed by atoms with Crippen LogP contribution in [0.4, 0.5) is 22.0 Å². The number of hydrogen-bond donors (Lipinski definition) is 0. The van der Waals surface area contributed by atoms with E-state index in [0.717, 1.165) is 24.3 Å². The minimum Gasteiger partial charge on any atom is -0.287 e. The number of Topliss-reactive ketones (excluding diaryl/α,β-unsaturated/α-hetero) is 1. The first-order valence-electron chi connectivity index (χ1n) is 3.91. The van der Waals surface area contributed by atoms with Crippen molar-refractivity contribution in [1.29, 1.82) is 0 Å². The summed E-state index contributed by atoms with van der Waals surface area (Å²) in [7, 11) is 0. The Hall–Kier alpha value is -1.17. The lowest BCUT2D eigenvalue weighted by Gasteiger charge is -2.17. The van der Waals surface area contributed by atoms with E-state index < -0.39 is 23.4 Å². The summed E-state index contributed by atoms with van der Waals surface area (Å²) >= 11 is 5.40. The smallest absolute Gasteiger partial charge is 0.287 e. The number of hydrogen-bond acceptors (Lipinski definition) is 1. The highest BCUT2D eigenvalue weighted by molar-refractivity contribution is 6.30. The molecule has 1 aromatic carbocycles. The quantitative estimate of drug-likeness (QED) is 0.584. The molecule has 88 valence electrons. The average molecular weight is 259 g/mol. The summed E-state index contributed by atoms with van der Waals surface area (Å²) in [5.74, 6) is -7.68. The van der Waals surface area contributed by atoms with Crippen LogP contribution in [0, 0.1) is 0 Å². The fourth-order valence-corrected chi connectivity index (χ4v) is 1.04. The van der Waals surface area contributed by atoms with Crippen LogP contribution in [-0.2, 0) is 0 Å². The number of carbonyl (C=O) groups excluding carboxylic acids is 1. The van der Waals surface area contributed by atoms with Crippen molar-refractivity contribution >= 4 is 17.4 Å². The minimum absolute atomic E-state index is 0.131. The zero-order chi connectivity index (χ0) is 12.6. The first-order valence-corrected chi connectivity index (χ1v) is 4.29. The lowest BCUT2D eigenvalue weighted by Crippen LogP contribution is -2.44. The Morgan fingerprint density at radius 3 is 1.81 bits per heavy atom. The molecule has 0 amide bonds. The van der Waals surface area contributed by atoms with Crippen molar-refractivity contribution in [2.24, 2.45) is 0 Å². The third kappa shape index (κ3) is 2.32. The zero-order valence-corrected chi connectivity index (χ0v) is 8.24. The monoisotopic (exact) mass is 258 g/mol. The molecule has 0 aliphatic heterocycles. The van der Waals surface area contributed by atoms with Crippen LogP contribution in [0.5, 0.6) is 0 Å². The molecule has 0 fully saturated rings. The van der Waals surface area contributed by atoms with E-state index in [4.69, 9.17) is 11.6 Å².